The Balaban J connectivity index is 1.45. The number of benzene rings is 2. The molecule has 1 unspecified atom stereocenters. The fourth-order valence-electron chi connectivity index (χ4n) is 1.73. The molecule has 0 saturated carbocycles. The van der Waals surface area contributed by atoms with E-state index in [1.165, 1.54) is 0 Å². The van der Waals surface area contributed by atoms with Crippen LogP contribution in [0.1, 0.15) is 6.42 Å². The molecule has 6 heteroatoms. The van der Waals surface area contributed by atoms with Crippen LogP contribution in [0, 0.1) is 0 Å². The Morgan fingerprint density at radius 2 is 1.17 bits per heavy atom. The lowest BCUT2D eigenvalue weighted by Crippen LogP contribution is -2.04. The summed E-state index contributed by atoms with van der Waals surface area (Å²) in [6, 6.07) is 18.9. The van der Waals surface area contributed by atoms with Crippen molar-refractivity contribution in [2.75, 3.05) is 26.4 Å². The molecule has 0 aliphatic heterocycles. The minimum Gasteiger partial charge on any atom is -0.494 e. The van der Waals surface area contributed by atoms with E-state index in [0.717, 1.165) is 11.5 Å². The molecule has 0 bridgehead atoms. The normalized spacial score (nSPS) is 11.0. The zero-order valence-electron chi connectivity index (χ0n) is 12.8. The second-order valence-electron chi connectivity index (χ2n) is 4.57. The molecule has 0 amide bonds. The molecule has 5 nitrogen and oxygen atoms in total. The van der Waals surface area contributed by atoms with Gasteiger partial charge in [-0.3, -0.25) is 0 Å². The summed E-state index contributed by atoms with van der Waals surface area (Å²) in [6.45, 7) is 1.36. The summed E-state index contributed by atoms with van der Waals surface area (Å²) in [4.78, 5) is 0. The third-order valence-corrected chi connectivity index (χ3v) is 3.58. The summed E-state index contributed by atoms with van der Waals surface area (Å²) in [5.41, 5.74) is 0. The van der Waals surface area contributed by atoms with Gasteiger partial charge in [0.2, 0.25) is 0 Å². The maximum Gasteiger partial charge on any atom is 0.697 e. The zero-order valence-corrected chi connectivity index (χ0v) is 13.7. The van der Waals surface area contributed by atoms with E-state index in [0.29, 0.717) is 26.2 Å². The predicted molar refractivity (Wildman–Crippen MR) is 88.0 cm³/mol. The molecular weight excluding hydrogens is 315 g/mol. The second kappa shape index (κ2) is 10.7. The highest BCUT2D eigenvalue weighted by Crippen LogP contribution is 2.23. The van der Waals surface area contributed by atoms with Crippen molar-refractivity contribution >= 4 is 8.25 Å². The topological polar surface area (TPSA) is 54.0 Å². The zero-order chi connectivity index (χ0) is 16.2. The van der Waals surface area contributed by atoms with Crippen molar-refractivity contribution in [1.29, 1.82) is 0 Å². The van der Waals surface area contributed by atoms with E-state index >= 15 is 0 Å². The summed E-state index contributed by atoms with van der Waals surface area (Å²) in [5, 5.41) is 0. The lowest BCUT2D eigenvalue weighted by Gasteiger charge is -2.03. The molecule has 122 valence electrons. The summed E-state index contributed by atoms with van der Waals surface area (Å²) >= 11 is 0. The average Bonchev–Trinajstić information content (AvgIpc) is 2.60. The summed E-state index contributed by atoms with van der Waals surface area (Å²) in [5.74, 6) is 1.57. The SMILES string of the molecule is O=[P+](OCCCOc1ccccc1)OCCOc1ccccc1. The van der Waals surface area contributed by atoms with E-state index in [1.807, 2.05) is 60.7 Å². The van der Waals surface area contributed by atoms with E-state index in [-0.39, 0.29) is 6.61 Å². The van der Waals surface area contributed by atoms with Crippen LogP contribution < -0.4 is 9.47 Å². The van der Waals surface area contributed by atoms with Gasteiger partial charge in [-0.15, -0.1) is 9.05 Å². The minimum absolute atomic E-state index is 0.213. The van der Waals surface area contributed by atoms with Crippen LogP contribution in [0.2, 0.25) is 0 Å². The molecule has 0 aromatic heterocycles. The van der Waals surface area contributed by atoms with E-state index in [4.69, 9.17) is 18.5 Å². The highest BCUT2D eigenvalue weighted by atomic mass is 31.1. The Kier molecular flexibility index (Phi) is 8.12. The monoisotopic (exact) mass is 335 g/mol. The molecule has 0 spiro atoms. The molecule has 0 N–H and O–H groups in total. The largest absolute Gasteiger partial charge is 0.697 e. The maximum atomic E-state index is 11.5. The molecule has 0 aliphatic carbocycles. The Morgan fingerprint density at radius 3 is 1.78 bits per heavy atom. The number of para-hydroxylation sites is 2. The van der Waals surface area contributed by atoms with Gasteiger partial charge in [0.15, 0.2) is 0 Å². The summed E-state index contributed by atoms with van der Waals surface area (Å²) < 4.78 is 32.5. The molecule has 0 saturated heterocycles. The van der Waals surface area contributed by atoms with E-state index in [1.54, 1.807) is 0 Å². The molecule has 2 rings (SSSR count). The fraction of sp³-hybridized carbons (Fsp3) is 0.294. The molecule has 0 heterocycles. The van der Waals surface area contributed by atoms with Crippen LogP contribution in [0.3, 0.4) is 0 Å². The van der Waals surface area contributed by atoms with Crippen molar-refractivity contribution in [3.05, 3.63) is 60.7 Å². The van der Waals surface area contributed by atoms with Crippen molar-refractivity contribution in [1.82, 2.24) is 0 Å². The van der Waals surface area contributed by atoms with Crippen molar-refractivity contribution in [2.24, 2.45) is 0 Å². The van der Waals surface area contributed by atoms with Gasteiger partial charge < -0.3 is 9.47 Å². The molecule has 2 aromatic rings. The van der Waals surface area contributed by atoms with Crippen LogP contribution in [0.25, 0.3) is 0 Å². The predicted octanol–water partition coefficient (Wildman–Crippen LogP) is 4.23. The molecule has 23 heavy (non-hydrogen) atoms. The van der Waals surface area contributed by atoms with Crippen LogP contribution in [-0.2, 0) is 13.6 Å². The average molecular weight is 335 g/mol. The van der Waals surface area contributed by atoms with Crippen molar-refractivity contribution in [3.63, 3.8) is 0 Å². The Hall–Kier alpha value is -1.94. The number of hydrogen-bond donors (Lipinski definition) is 0. The quantitative estimate of drug-likeness (QED) is 0.454. The van der Waals surface area contributed by atoms with Gasteiger partial charge in [0.05, 0.1) is 6.61 Å². The fourth-order valence-corrected chi connectivity index (χ4v) is 2.31. The van der Waals surface area contributed by atoms with Crippen molar-refractivity contribution in [2.45, 2.75) is 6.42 Å². The molecule has 2 aromatic carbocycles. The minimum atomic E-state index is -2.12. The van der Waals surface area contributed by atoms with Crippen LogP contribution in [0.4, 0.5) is 0 Å². The number of ether oxygens (including phenoxy) is 2. The number of rotatable bonds is 11. The van der Waals surface area contributed by atoms with Crippen molar-refractivity contribution in [3.8, 4) is 11.5 Å². The van der Waals surface area contributed by atoms with Gasteiger partial charge in [-0.1, -0.05) is 36.4 Å². The van der Waals surface area contributed by atoms with E-state index in [9.17, 15) is 4.57 Å². The first-order valence-electron chi connectivity index (χ1n) is 7.43. The lowest BCUT2D eigenvalue weighted by atomic mass is 10.3. The van der Waals surface area contributed by atoms with Gasteiger partial charge in [-0.25, -0.2) is 0 Å². The molecule has 0 fully saturated rings. The van der Waals surface area contributed by atoms with Crippen LogP contribution in [0.5, 0.6) is 11.5 Å². The Labute approximate surface area is 137 Å². The first-order chi connectivity index (χ1) is 11.3. The molecule has 0 aliphatic rings. The Morgan fingerprint density at radius 1 is 0.652 bits per heavy atom. The first kappa shape index (κ1) is 17.4. The van der Waals surface area contributed by atoms with Gasteiger partial charge in [-0.2, -0.15) is 0 Å². The maximum absolute atomic E-state index is 11.5. The second-order valence-corrected chi connectivity index (χ2v) is 5.53. The third-order valence-electron chi connectivity index (χ3n) is 2.79. The van der Waals surface area contributed by atoms with Gasteiger partial charge in [-0.05, 0) is 24.3 Å². The van der Waals surface area contributed by atoms with Crippen LogP contribution in [0.15, 0.2) is 60.7 Å². The van der Waals surface area contributed by atoms with Gasteiger partial charge >= 0.3 is 8.25 Å². The van der Waals surface area contributed by atoms with Gasteiger partial charge in [0, 0.05) is 11.0 Å². The molecule has 0 radical (unpaired) electrons. The lowest BCUT2D eigenvalue weighted by molar-refractivity contribution is 0.177. The van der Waals surface area contributed by atoms with Crippen molar-refractivity contribution < 1.29 is 23.1 Å². The first-order valence-corrected chi connectivity index (χ1v) is 8.53. The summed E-state index contributed by atoms with van der Waals surface area (Å²) in [7, 11) is -2.12. The van der Waals surface area contributed by atoms with E-state index < -0.39 is 8.25 Å². The smallest absolute Gasteiger partial charge is 0.494 e. The standard InChI is InChI=1S/C17H20O5P/c18-23(22-15-14-20-17-10-5-2-6-11-17)21-13-7-12-19-16-8-3-1-4-9-16/h1-6,8-11H,7,12-15H2/q+1. The molecule has 1 atom stereocenters. The van der Waals surface area contributed by atoms with E-state index in [2.05, 4.69) is 0 Å². The highest BCUT2D eigenvalue weighted by molar-refractivity contribution is 7.33. The van der Waals surface area contributed by atoms with Crippen LogP contribution in [-0.4, -0.2) is 26.4 Å². The van der Waals surface area contributed by atoms with Crippen LogP contribution >= 0.6 is 8.25 Å². The highest BCUT2D eigenvalue weighted by Gasteiger charge is 2.19. The summed E-state index contributed by atoms with van der Waals surface area (Å²) in [6.07, 6.45) is 0.639. The number of hydrogen-bond acceptors (Lipinski definition) is 5. The Bertz CT molecular complexity index is 562. The van der Waals surface area contributed by atoms with Gasteiger partial charge in [0.1, 0.15) is 31.3 Å². The molecular formula is C17H20O5P+. The third kappa shape index (κ3) is 7.75. The van der Waals surface area contributed by atoms with Gasteiger partial charge in [0.25, 0.3) is 0 Å².